The molecule has 2 aromatic rings. The van der Waals surface area contributed by atoms with Crippen molar-refractivity contribution in [3.63, 3.8) is 0 Å². The van der Waals surface area contributed by atoms with Gasteiger partial charge < -0.3 is 19.4 Å². The molecule has 2 heterocycles. The maximum absolute atomic E-state index is 7.12. The van der Waals surface area contributed by atoms with Crippen LogP contribution in [0.15, 0.2) is 16.5 Å². The summed E-state index contributed by atoms with van der Waals surface area (Å²) in [6.07, 6.45) is 0. The van der Waals surface area contributed by atoms with Crippen LogP contribution in [0.1, 0.15) is 6.92 Å². The summed E-state index contributed by atoms with van der Waals surface area (Å²) in [4.78, 5) is 10.1. The molecular formula is C14H16N4O2. The number of oxazole rings is 1. The second-order valence-electron chi connectivity index (χ2n) is 4.85. The summed E-state index contributed by atoms with van der Waals surface area (Å²) in [5, 5.41) is 3.33. The number of methoxy groups -OCH3 is 1. The van der Waals surface area contributed by atoms with E-state index in [0.29, 0.717) is 34.6 Å². The molecule has 3 rings (SSSR count). The van der Waals surface area contributed by atoms with E-state index in [1.54, 1.807) is 19.2 Å². The minimum absolute atomic E-state index is 0.322. The van der Waals surface area contributed by atoms with Crippen LogP contribution in [0.25, 0.3) is 15.9 Å². The highest BCUT2D eigenvalue weighted by Gasteiger charge is 2.23. The predicted molar refractivity (Wildman–Crippen MR) is 76.5 cm³/mol. The van der Waals surface area contributed by atoms with Gasteiger partial charge >= 0.3 is 0 Å². The molecule has 6 heteroatoms. The molecule has 0 bridgehead atoms. The minimum atomic E-state index is 0.322. The number of benzene rings is 1. The van der Waals surface area contributed by atoms with Crippen LogP contribution >= 0.6 is 0 Å². The molecular weight excluding hydrogens is 256 g/mol. The SMILES string of the molecule is [C-]#[N+]c1cc(OC)c2oc(N3CCNC[C@@H]3C)nc2c1. The van der Waals surface area contributed by atoms with Crippen LogP contribution in [-0.2, 0) is 0 Å². The van der Waals surface area contributed by atoms with Gasteiger partial charge in [0.1, 0.15) is 5.52 Å². The van der Waals surface area contributed by atoms with Gasteiger partial charge in [0, 0.05) is 25.7 Å². The van der Waals surface area contributed by atoms with Crippen LogP contribution < -0.4 is 15.0 Å². The topological polar surface area (TPSA) is 54.9 Å². The van der Waals surface area contributed by atoms with Gasteiger partial charge in [0.25, 0.3) is 6.01 Å². The Kier molecular flexibility index (Phi) is 3.20. The number of anilines is 1. The third kappa shape index (κ3) is 2.06. The summed E-state index contributed by atoms with van der Waals surface area (Å²) in [7, 11) is 1.57. The van der Waals surface area contributed by atoms with Gasteiger partial charge in [-0.25, -0.2) is 4.85 Å². The second-order valence-corrected chi connectivity index (χ2v) is 4.85. The zero-order valence-corrected chi connectivity index (χ0v) is 11.5. The van der Waals surface area contributed by atoms with E-state index in [1.165, 1.54) is 0 Å². The van der Waals surface area contributed by atoms with E-state index in [4.69, 9.17) is 15.7 Å². The zero-order chi connectivity index (χ0) is 14.1. The standard InChI is InChI=1S/C14H16N4O2/c1-9-8-16-4-5-18(9)14-17-11-6-10(15-2)7-12(19-3)13(11)20-14/h6-7,9,16H,4-5,8H2,1,3H3/t9-/m0/s1. The first-order chi connectivity index (χ1) is 9.72. The van der Waals surface area contributed by atoms with E-state index >= 15 is 0 Å². The fourth-order valence-corrected chi connectivity index (χ4v) is 2.44. The molecule has 1 atom stereocenters. The van der Waals surface area contributed by atoms with Crippen molar-refractivity contribution in [3.05, 3.63) is 23.5 Å². The Bertz CT molecular complexity index is 674. The van der Waals surface area contributed by atoms with Gasteiger partial charge in [0.2, 0.25) is 0 Å². The van der Waals surface area contributed by atoms with Crippen molar-refractivity contribution >= 4 is 22.8 Å². The molecule has 1 aliphatic rings. The Labute approximate surface area is 117 Å². The lowest BCUT2D eigenvalue weighted by Gasteiger charge is -2.32. The third-order valence-corrected chi connectivity index (χ3v) is 3.53. The quantitative estimate of drug-likeness (QED) is 0.849. The number of nitrogens with one attached hydrogen (secondary N) is 1. The number of ether oxygens (including phenoxy) is 1. The van der Waals surface area contributed by atoms with Crippen molar-refractivity contribution in [2.75, 3.05) is 31.6 Å². The fraction of sp³-hybridized carbons (Fsp3) is 0.429. The number of piperazine rings is 1. The average molecular weight is 272 g/mol. The largest absolute Gasteiger partial charge is 0.494 e. The molecule has 1 aromatic carbocycles. The van der Waals surface area contributed by atoms with Gasteiger partial charge in [-0.3, -0.25) is 0 Å². The van der Waals surface area contributed by atoms with Crippen LogP contribution in [0.4, 0.5) is 11.7 Å². The van der Waals surface area contributed by atoms with Gasteiger partial charge in [-0.1, -0.05) is 0 Å². The molecule has 1 aliphatic heterocycles. The number of hydrogen-bond donors (Lipinski definition) is 1. The van der Waals surface area contributed by atoms with E-state index in [0.717, 1.165) is 19.6 Å². The van der Waals surface area contributed by atoms with E-state index in [9.17, 15) is 0 Å². The maximum atomic E-state index is 7.12. The normalized spacial score (nSPS) is 19.1. The first kappa shape index (κ1) is 12.8. The zero-order valence-electron chi connectivity index (χ0n) is 11.5. The highest BCUT2D eigenvalue weighted by Crippen LogP contribution is 2.34. The lowest BCUT2D eigenvalue weighted by molar-refractivity contribution is 0.406. The molecule has 1 aromatic heterocycles. The van der Waals surface area contributed by atoms with Gasteiger partial charge in [-0.2, -0.15) is 4.98 Å². The smallest absolute Gasteiger partial charge is 0.298 e. The predicted octanol–water partition coefficient (Wildman–Crippen LogP) is 2.19. The number of rotatable bonds is 2. The Morgan fingerprint density at radius 2 is 2.40 bits per heavy atom. The monoisotopic (exact) mass is 272 g/mol. The number of fused-ring (bicyclic) bond motifs is 1. The average Bonchev–Trinajstić information content (AvgIpc) is 2.90. The number of nitrogens with zero attached hydrogens (tertiary/aromatic N) is 3. The minimum Gasteiger partial charge on any atom is -0.494 e. The molecule has 20 heavy (non-hydrogen) atoms. The summed E-state index contributed by atoms with van der Waals surface area (Å²) in [6.45, 7) is 11.9. The molecule has 0 aliphatic carbocycles. The lowest BCUT2D eigenvalue weighted by atomic mass is 10.2. The Morgan fingerprint density at radius 1 is 1.55 bits per heavy atom. The summed E-state index contributed by atoms with van der Waals surface area (Å²) in [5.74, 6) is 0.551. The van der Waals surface area contributed by atoms with E-state index in [1.807, 2.05) is 0 Å². The maximum Gasteiger partial charge on any atom is 0.298 e. The third-order valence-electron chi connectivity index (χ3n) is 3.53. The van der Waals surface area contributed by atoms with Gasteiger partial charge in [0.15, 0.2) is 17.0 Å². The van der Waals surface area contributed by atoms with E-state index < -0.39 is 0 Å². The molecule has 0 amide bonds. The Hall–Kier alpha value is -2.26. The van der Waals surface area contributed by atoms with Crippen molar-refractivity contribution < 1.29 is 9.15 Å². The fourth-order valence-electron chi connectivity index (χ4n) is 2.44. The molecule has 104 valence electrons. The molecule has 1 fully saturated rings. The highest BCUT2D eigenvalue weighted by molar-refractivity contribution is 5.85. The number of aromatic nitrogens is 1. The van der Waals surface area contributed by atoms with Crippen LogP contribution in [0.3, 0.4) is 0 Å². The van der Waals surface area contributed by atoms with E-state index in [2.05, 4.69) is 27.0 Å². The van der Waals surface area contributed by atoms with Crippen molar-refractivity contribution in [1.82, 2.24) is 10.3 Å². The molecule has 6 nitrogen and oxygen atoms in total. The summed E-state index contributed by atoms with van der Waals surface area (Å²) < 4.78 is 11.1. The molecule has 0 radical (unpaired) electrons. The molecule has 1 saturated heterocycles. The second kappa shape index (κ2) is 5.02. The van der Waals surface area contributed by atoms with E-state index in [-0.39, 0.29) is 0 Å². The molecule has 0 spiro atoms. The summed E-state index contributed by atoms with van der Waals surface area (Å²) in [5.41, 5.74) is 1.76. The Morgan fingerprint density at radius 3 is 3.10 bits per heavy atom. The lowest BCUT2D eigenvalue weighted by Crippen LogP contribution is -2.50. The molecule has 0 unspecified atom stereocenters. The Balaban J connectivity index is 2.08. The first-order valence-electron chi connectivity index (χ1n) is 6.56. The van der Waals surface area contributed by atoms with Crippen molar-refractivity contribution in [2.45, 2.75) is 13.0 Å². The van der Waals surface area contributed by atoms with Gasteiger partial charge in [-0.05, 0) is 19.1 Å². The van der Waals surface area contributed by atoms with Crippen molar-refractivity contribution in [2.24, 2.45) is 0 Å². The number of hydrogen-bond acceptors (Lipinski definition) is 5. The first-order valence-corrected chi connectivity index (χ1v) is 6.56. The molecule has 1 N–H and O–H groups in total. The highest BCUT2D eigenvalue weighted by atomic mass is 16.5. The summed E-state index contributed by atoms with van der Waals surface area (Å²) >= 11 is 0. The van der Waals surface area contributed by atoms with Crippen molar-refractivity contribution in [1.29, 1.82) is 0 Å². The van der Waals surface area contributed by atoms with Crippen LogP contribution in [0, 0.1) is 6.57 Å². The van der Waals surface area contributed by atoms with Crippen LogP contribution in [-0.4, -0.2) is 37.8 Å². The molecule has 0 saturated carbocycles. The van der Waals surface area contributed by atoms with Gasteiger partial charge in [0.05, 0.1) is 13.7 Å². The van der Waals surface area contributed by atoms with Crippen LogP contribution in [0.2, 0.25) is 0 Å². The van der Waals surface area contributed by atoms with Gasteiger partial charge in [-0.15, -0.1) is 0 Å². The van der Waals surface area contributed by atoms with Crippen molar-refractivity contribution in [3.8, 4) is 5.75 Å². The van der Waals surface area contributed by atoms with Crippen LogP contribution in [0.5, 0.6) is 5.75 Å². The summed E-state index contributed by atoms with van der Waals surface area (Å²) in [6, 6.07) is 4.31.